The average Bonchev–Trinajstić information content (AvgIpc) is 2.43. The van der Waals surface area contributed by atoms with Gasteiger partial charge in [-0.3, -0.25) is 0 Å². The van der Waals surface area contributed by atoms with Crippen molar-refractivity contribution in [1.82, 2.24) is 9.97 Å². The van der Waals surface area contributed by atoms with E-state index in [9.17, 15) is 0 Å². The van der Waals surface area contributed by atoms with Gasteiger partial charge in [0.1, 0.15) is 5.52 Å². The molecular formula is C10H11N3O. The Hall–Kier alpha value is -1.58. The molecule has 2 aromatic rings. The number of rotatable bonds is 1. The van der Waals surface area contributed by atoms with Crippen LogP contribution in [-0.4, -0.2) is 9.97 Å². The van der Waals surface area contributed by atoms with Crippen LogP contribution >= 0.6 is 0 Å². The summed E-state index contributed by atoms with van der Waals surface area (Å²) in [5.74, 6) is 1.33. The van der Waals surface area contributed by atoms with Crippen molar-refractivity contribution in [3.8, 4) is 0 Å². The lowest BCUT2D eigenvalue weighted by atomic mass is 9.85. The summed E-state index contributed by atoms with van der Waals surface area (Å²) in [5, 5.41) is 0. The smallest absolute Gasteiger partial charge is 0.247 e. The number of nitrogen functional groups attached to an aromatic ring is 1. The van der Waals surface area contributed by atoms with Crippen molar-refractivity contribution < 1.29 is 4.42 Å². The lowest BCUT2D eigenvalue weighted by molar-refractivity contribution is 0.342. The predicted octanol–water partition coefficient (Wildman–Crippen LogP) is 2.07. The standard InChI is InChI=1S/C10H11N3O/c11-7-4-8-10(12-5-7)14-9(13-8)6-2-1-3-6/h4-6H,1-3,11H2. The van der Waals surface area contributed by atoms with E-state index in [0.29, 0.717) is 17.3 Å². The first kappa shape index (κ1) is 7.79. The minimum absolute atomic E-state index is 0.505. The fraction of sp³-hybridized carbons (Fsp3) is 0.400. The highest BCUT2D eigenvalue weighted by atomic mass is 16.4. The zero-order chi connectivity index (χ0) is 9.54. The Morgan fingerprint density at radius 3 is 3.00 bits per heavy atom. The van der Waals surface area contributed by atoms with E-state index in [1.54, 1.807) is 12.3 Å². The summed E-state index contributed by atoms with van der Waals surface area (Å²) in [7, 11) is 0. The van der Waals surface area contributed by atoms with E-state index in [0.717, 1.165) is 11.4 Å². The molecule has 4 nitrogen and oxygen atoms in total. The molecule has 1 aliphatic carbocycles. The third-order valence-electron chi connectivity index (χ3n) is 2.74. The lowest BCUT2D eigenvalue weighted by Gasteiger charge is -2.21. The molecule has 1 aliphatic rings. The van der Waals surface area contributed by atoms with Crippen LogP contribution in [0.5, 0.6) is 0 Å². The van der Waals surface area contributed by atoms with Gasteiger partial charge in [0.25, 0.3) is 0 Å². The first-order valence-corrected chi connectivity index (χ1v) is 4.85. The summed E-state index contributed by atoms with van der Waals surface area (Å²) >= 11 is 0. The van der Waals surface area contributed by atoms with Crippen LogP contribution in [0.25, 0.3) is 11.2 Å². The highest BCUT2D eigenvalue weighted by molar-refractivity contribution is 5.71. The molecule has 4 heteroatoms. The van der Waals surface area contributed by atoms with Crippen LogP contribution < -0.4 is 5.73 Å². The predicted molar refractivity (Wildman–Crippen MR) is 52.8 cm³/mol. The fourth-order valence-corrected chi connectivity index (χ4v) is 1.69. The van der Waals surface area contributed by atoms with Gasteiger partial charge in [0.2, 0.25) is 11.6 Å². The Kier molecular flexibility index (Phi) is 1.50. The number of nitrogens with zero attached hydrogens (tertiary/aromatic N) is 2. The van der Waals surface area contributed by atoms with Crippen LogP contribution in [0.2, 0.25) is 0 Å². The van der Waals surface area contributed by atoms with E-state index in [2.05, 4.69) is 9.97 Å². The molecule has 2 N–H and O–H groups in total. The summed E-state index contributed by atoms with van der Waals surface area (Å²) in [6, 6.07) is 1.80. The van der Waals surface area contributed by atoms with Gasteiger partial charge in [0, 0.05) is 5.92 Å². The van der Waals surface area contributed by atoms with Gasteiger partial charge >= 0.3 is 0 Å². The minimum Gasteiger partial charge on any atom is -0.422 e. The highest BCUT2D eigenvalue weighted by Gasteiger charge is 2.24. The second kappa shape index (κ2) is 2.70. The Balaban J connectivity index is 2.10. The van der Waals surface area contributed by atoms with E-state index in [4.69, 9.17) is 10.2 Å². The summed E-state index contributed by atoms with van der Waals surface area (Å²) in [6.45, 7) is 0. The zero-order valence-corrected chi connectivity index (χ0v) is 7.73. The molecule has 1 fully saturated rings. The number of aromatic nitrogens is 2. The molecule has 0 aliphatic heterocycles. The molecule has 0 saturated heterocycles. The van der Waals surface area contributed by atoms with Gasteiger partial charge in [-0.25, -0.2) is 9.97 Å². The van der Waals surface area contributed by atoms with Crippen molar-refractivity contribution in [3.05, 3.63) is 18.2 Å². The zero-order valence-electron chi connectivity index (χ0n) is 7.73. The number of nitrogens with two attached hydrogens (primary N) is 1. The van der Waals surface area contributed by atoms with Crippen molar-refractivity contribution in [3.63, 3.8) is 0 Å². The molecule has 1 saturated carbocycles. The average molecular weight is 189 g/mol. The monoisotopic (exact) mass is 189 g/mol. The maximum absolute atomic E-state index is 5.61. The van der Waals surface area contributed by atoms with Gasteiger partial charge in [-0.1, -0.05) is 6.42 Å². The first-order valence-electron chi connectivity index (χ1n) is 4.85. The van der Waals surface area contributed by atoms with E-state index < -0.39 is 0 Å². The van der Waals surface area contributed by atoms with E-state index in [1.807, 2.05) is 0 Å². The van der Waals surface area contributed by atoms with E-state index >= 15 is 0 Å². The number of hydrogen-bond donors (Lipinski definition) is 1. The molecule has 3 rings (SSSR count). The number of hydrogen-bond acceptors (Lipinski definition) is 4. The topological polar surface area (TPSA) is 64.9 Å². The number of anilines is 1. The fourth-order valence-electron chi connectivity index (χ4n) is 1.69. The van der Waals surface area contributed by atoms with Crippen molar-refractivity contribution in [2.24, 2.45) is 0 Å². The summed E-state index contributed by atoms with van der Waals surface area (Å²) in [5.41, 5.74) is 7.61. The van der Waals surface area contributed by atoms with E-state index in [-0.39, 0.29) is 0 Å². The molecule has 0 atom stereocenters. The maximum atomic E-state index is 5.61. The van der Waals surface area contributed by atoms with Crippen molar-refractivity contribution in [2.75, 3.05) is 5.73 Å². The summed E-state index contributed by atoms with van der Waals surface area (Å²) in [4.78, 5) is 8.47. The molecule has 2 heterocycles. The molecule has 72 valence electrons. The summed E-state index contributed by atoms with van der Waals surface area (Å²) in [6.07, 6.45) is 5.24. The van der Waals surface area contributed by atoms with Crippen molar-refractivity contribution in [2.45, 2.75) is 25.2 Å². The van der Waals surface area contributed by atoms with Crippen LogP contribution in [-0.2, 0) is 0 Å². The van der Waals surface area contributed by atoms with Crippen molar-refractivity contribution in [1.29, 1.82) is 0 Å². The Morgan fingerprint density at radius 1 is 1.43 bits per heavy atom. The van der Waals surface area contributed by atoms with Crippen LogP contribution in [0, 0.1) is 0 Å². The molecule has 0 spiro atoms. The normalized spacial score (nSPS) is 17.1. The highest BCUT2D eigenvalue weighted by Crippen LogP contribution is 2.36. The summed E-state index contributed by atoms with van der Waals surface area (Å²) < 4.78 is 5.55. The lowest BCUT2D eigenvalue weighted by Crippen LogP contribution is -2.08. The molecule has 0 unspecified atom stereocenters. The van der Waals surface area contributed by atoms with Gasteiger partial charge < -0.3 is 10.2 Å². The largest absolute Gasteiger partial charge is 0.422 e. The second-order valence-corrected chi connectivity index (χ2v) is 3.77. The Labute approximate surface area is 81.1 Å². The maximum Gasteiger partial charge on any atom is 0.247 e. The first-order chi connectivity index (χ1) is 6.83. The van der Waals surface area contributed by atoms with Crippen molar-refractivity contribution >= 4 is 16.9 Å². The molecule has 0 amide bonds. The third-order valence-corrected chi connectivity index (χ3v) is 2.74. The number of pyridine rings is 1. The Bertz CT molecular complexity index is 473. The van der Waals surface area contributed by atoms with Gasteiger partial charge in [0.05, 0.1) is 11.9 Å². The van der Waals surface area contributed by atoms with Gasteiger partial charge in [-0.05, 0) is 18.9 Å². The second-order valence-electron chi connectivity index (χ2n) is 3.77. The number of oxazole rings is 1. The quantitative estimate of drug-likeness (QED) is 0.745. The molecule has 0 aromatic carbocycles. The molecule has 0 bridgehead atoms. The van der Waals surface area contributed by atoms with Crippen LogP contribution in [0.15, 0.2) is 16.7 Å². The molecule has 0 radical (unpaired) electrons. The number of fused-ring (bicyclic) bond motifs is 1. The van der Waals surface area contributed by atoms with Crippen LogP contribution in [0.1, 0.15) is 31.1 Å². The van der Waals surface area contributed by atoms with E-state index in [1.165, 1.54) is 19.3 Å². The van der Waals surface area contributed by atoms with Gasteiger partial charge in [-0.15, -0.1) is 0 Å². The minimum atomic E-state index is 0.505. The third kappa shape index (κ3) is 1.07. The van der Waals surface area contributed by atoms with Crippen LogP contribution in [0.3, 0.4) is 0 Å². The van der Waals surface area contributed by atoms with Gasteiger partial charge in [-0.2, -0.15) is 0 Å². The Morgan fingerprint density at radius 2 is 2.29 bits per heavy atom. The van der Waals surface area contributed by atoms with Gasteiger partial charge in [0.15, 0.2) is 0 Å². The molecule has 2 aromatic heterocycles. The molecular weight excluding hydrogens is 178 g/mol. The SMILES string of the molecule is Nc1cnc2oc(C3CCC3)nc2c1. The van der Waals surface area contributed by atoms with Crippen LogP contribution in [0.4, 0.5) is 5.69 Å². The molecule has 14 heavy (non-hydrogen) atoms.